The first kappa shape index (κ1) is 128. The maximum absolute atomic E-state index is 13.5. The van der Waals surface area contributed by atoms with Crippen LogP contribution in [0.15, 0.2) is 0 Å². The molecule has 0 aromatic rings. The molecule has 828 valence electrons. The molecule has 30 N–H and O–H groups in total. The van der Waals surface area contributed by atoms with Crippen molar-refractivity contribution in [2.24, 2.45) is 87.8 Å². The normalized spacial score (nSPS) is 28.6. The van der Waals surface area contributed by atoms with Crippen LogP contribution in [0.4, 0.5) is 0 Å². The summed E-state index contributed by atoms with van der Waals surface area (Å²) in [4.78, 5) is 59.3. The van der Waals surface area contributed by atoms with Gasteiger partial charge in [-0.25, -0.2) is 0 Å². The minimum absolute atomic E-state index is 0.0153. The van der Waals surface area contributed by atoms with Gasteiger partial charge in [-0.1, -0.05) is 101 Å². The van der Waals surface area contributed by atoms with Crippen LogP contribution in [0, 0.1) is 59.2 Å². The van der Waals surface area contributed by atoms with E-state index in [1.54, 1.807) is 0 Å². The van der Waals surface area contributed by atoms with Crippen molar-refractivity contribution in [3.05, 3.63) is 0 Å². The standard InChI is InChI=1S/3C17H35BN4O6S.2C16H33BN4O6S/c2*1-13(2)10-22(15-6-4-8-20-9-15)29(27,28)21-11-14(5-3-7-18(25)26)17(19,12-21)16(23)24;1-13(2)10-22(15-5-8-20-9-6-15)29(27,28)21-11-14(4-3-7-18(25)26)17(19,12-21)16(23)24;2*1-12(2)9-21(14-5-7-19-8-14)28(26,27)20-10-13(4-3-6-17(24)25)16(18,11-20)15(22)23/h3*13-15,20,25-26H,3-12,19H2,1-2H3,(H,23,24);2*12-14,19,24-25H,3-11,18H2,1-2H3,(H,22,23)/t14-,15?,17-;14-,15+,17-;14-,17-;13-,14+,16-;13-,14-,16-/m00000/s1. The van der Waals surface area contributed by atoms with Crippen molar-refractivity contribution in [2.45, 2.75) is 274 Å². The number of carboxylic acid groups (broad SMARTS) is 5. The molecule has 0 bridgehead atoms. The van der Waals surface area contributed by atoms with Crippen molar-refractivity contribution in [1.29, 1.82) is 0 Å². The Morgan fingerprint density at radius 3 is 0.615 bits per heavy atom. The Bertz CT molecular complexity index is 4180. The van der Waals surface area contributed by atoms with Crippen molar-refractivity contribution in [1.82, 2.24) is 69.6 Å². The fourth-order valence-corrected chi connectivity index (χ4v) is 31.2. The highest BCUT2D eigenvalue weighted by Gasteiger charge is 2.60. The Hall–Kier alpha value is -3.78. The zero-order valence-corrected chi connectivity index (χ0v) is 89.3. The number of carbonyl (C=O) groups is 5. The molecular formula is C83H171B5N20O30S5. The summed E-state index contributed by atoms with van der Waals surface area (Å²) in [7, 11) is -26.8. The number of hydrogen-bond acceptors (Lipinski definition) is 35. The molecular weight excluding hydrogens is 1970 g/mol. The number of rotatable bonds is 50. The molecule has 10 fully saturated rings. The molecule has 10 saturated heterocycles. The number of hydrogen-bond donors (Lipinski definition) is 25. The maximum Gasteiger partial charge on any atom is 0.451 e. The van der Waals surface area contributed by atoms with E-state index in [0.29, 0.717) is 149 Å². The molecule has 0 saturated carbocycles. The third kappa shape index (κ3) is 35.4. The van der Waals surface area contributed by atoms with Gasteiger partial charge in [0.15, 0.2) is 0 Å². The Labute approximate surface area is 848 Å². The van der Waals surface area contributed by atoms with Gasteiger partial charge in [0.05, 0.1) is 0 Å². The molecule has 0 aromatic carbocycles. The minimum Gasteiger partial charge on any atom is -0.480 e. The van der Waals surface area contributed by atoms with Crippen LogP contribution in [0.5, 0.6) is 0 Å². The lowest BCUT2D eigenvalue weighted by Gasteiger charge is -2.37. The predicted octanol–water partition coefficient (Wildman–Crippen LogP) is -6.24. The molecule has 14 atom stereocenters. The van der Waals surface area contributed by atoms with Crippen molar-refractivity contribution < 1.29 is 142 Å². The Balaban J connectivity index is 0.000000274. The molecule has 10 rings (SSSR count). The smallest absolute Gasteiger partial charge is 0.451 e. The average Bonchev–Trinajstić information content (AvgIpc) is 1.63. The Kier molecular flexibility index (Phi) is 50.7. The second-order valence-corrected chi connectivity index (χ2v) is 52.3. The molecule has 0 radical (unpaired) electrons. The summed E-state index contributed by atoms with van der Waals surface area (Å²) in [5.41, 5.74) is 22.3. The average molecular weight is 2140 g/mol. The number of nitrogens with zero attached hydrogens (tertiary/aromatic N) is 10. The van der Waals surface area contributed by atoms with E-state index in [-0.39, 0.29) is 157 Å². The molecule has 10 aliphatic rings. The molecule has 50 nitrogen and oxygen atoms in total. The van der Waals surface area contributed by atoms with Crippen LogP contribution in [0.3, 0.4) is 0 Å². The Morgan fingerprint density at radius 2 is 0.455 bits per heavy atom. The van der Waals surface area contributed by atoms with E-state index < -0.39 is 174 Å². The van der Waals surface area contributed by atoms with Crippen LogP contribution in [0.2, 0.25) is 31.6 Å². The first-order chi connectivity index (χ1) is 66.4. The zero-order valence-electron chi connectivity index (χ0n) is 85.2. The second-order valence-electron chi connectivity index (χ2n) is 42.9. The lowest BCUT2D eigenvalue weighted by atomic mass is 9.78. The van der Waals surface area contributed by atoms with Crippen LogP contribution in [0.25, 0.3) is 0 Å². The van der Waals surface area contributed by atoms with Crippen LogP contribution >= 0.6 is 0 Å². The van der Waals surface area contributed by atoms with Crippen LogP contribution in [0.1, 0.15) is 185 Å². The highest BCUT2D eigenvalue weighted by molar-refractivity contribution is 7.88. The largest absolute Gasteiger partial charge is 0.480 e. The molecule has 1 unspecified atom stereocenters. The molecule has 0 aliphatic carbocycles. The monoisotopic (exact) mass is 2140 g/mol. The Morgan fingerprint density at radius 1 is 0.287 bits per heavy atom. The molecule has 143 heavy (non-hydrogen) atoms. The van der Waals surface area contributed by atoms with Crippen LogP contribution < -0.4 is 55.3 Å². The number of aliphatic carboxylic acids is 5. The van der Waals surface area contributed by atoms with Crippen molar-refractivity contribution in [3.63, 3.8) is 0 Å². The third-order valence-electron chi connectivity index (χ3n) is 28.8. The minimum atomic E-state index is -3.89. The fourth-order valence-electron chi connectivity index (χ4n) is 20.8. The molecule has 10 heterocycles. The summed E-state index contributed by atoms with van der Waals surface area (Å²) in [6, 6.07) is -0.779. The van der Waals surface area contributed by atoms with Gasteiger partial charge in [0.1, 0.15) is 27.7 Å². The van der Waals surface area contributed by atoms with Gasteiger partial charge in [-0.3, -0.25) is 24.0 Å². The van der Waals surface area contributed by atoms with Gasteiger partial charge in [0.2, 0.25) is 0 Å². The molecule has 0 amide bonds. The number of carboxylic acids is 5. The fraction of sp³-hybridized carbons (Fsp3) is 0.940. The lowest BCUT2D eigenvalue weighted by molar-refractivity contribution is -0.145. The van der Waals surface area contributed by atoms with Crippen molar-refractivity contribution in [3.8, 4) is 0 Å². The molecule has 60 heteroatoms. The number of nitrogens with one attached hydrogen (secondary N) is 5. The van der Waals surface area contributed by atoms with Crippen molar-refractivity contribution in [2.75, 3.05) is 164 Å². The molecule has 0 aromatic heterocycles. The highest BCUT2D eigenvalue weighted by Crippen LogP contribution is 2.41. The van der Waals surface area contributed by atoms with Gasteiger partial charge < -0.3 is 131 Å². The maximum atomic E-state index is 13.5. The van der Waals surface area contributed by atoms with Crippen molar-refractivity contribution >= 4 is 116 Å². The second kappa shape index (κ2) is 56.7. The van der Waals surface area contributed by atoms with Gasteiger partial charge in [0, 0.05) is 184 Å². The number of nitrogens with two attached hydrogens (primary N) is 5. The summed E-state index contributed by atoms with van der Waals surface area (Å²) in [6.07, 6.45) is 9.89. The summed E-state index contributed by atoms with van der Waals surface area (Å²) in [5, 5.41) is 155. The quantitative estimate of drug-likeness (QED) is 0.0252. The zero-order chi connectivity index (χ0) is 108. The van der Waals surface area contributed by atoms with E-state index >= 15 is 0 Å². The van der Waals surface area contributed by atoms with Gasteiger partial charge in [0.25, 0.3) is 51.0 Å². The topological polar surface area (TPSA) is 782 Å². The molecule has 0 spiro atoms. The summed E-state index contributed by atoms with van der Waals surface area (Å²) >= 11 is 0. The van der Waals surface area contributed by atoms with Gasteiger partial charge in [-0.05, 0) is 184 Å². The van der Waals surface area contributed by atoms with E-state index in [9.17, 15) is 91.6 Å². The van der Waals surface area contributed by atoms with Crippen LogP contribution in [-0.2, 0) is 75.0 Å². The third-order valence-corrected chi connectivity index (χ3v) is 38.7. The van der Waals surface area contributed by atoms with Gasteiger partial charge >= 0.3 is 65.4 Å². The number of piperidine rings is 3. The van der Waals surface area contributed by atoms with E-state index in [1.165, 1.54) is 43.1 Å². The van der Waals surface area contributed by atoms with E-state index in [2.05, 4.69) is 26.6 Å². The summed E-state index contributed by atoms with van der Waals surface area (Å²) in [5.74, 6) is -8.54. The van der Waals surface area contributed by atoms with Crippen LogP contribution in [-0.4, -0.2) is 448 Å². The van der Waals surface area contributed by atoms with E-state index in [0.717, 1.165) is 65.0 Å². The van der Waals surface area contributed by atoms with Gasteiger partial charge in [-0.15, -0.1) is 0 Å². The van der Waals surface area contributed by atoms with E-state index in [4.69, 9.17) is 78.9 Å². The SMILES string of the molecule is CC(C)CN(C1CCCNC1)S(=O)(=O)N1C[C@H](CCCB(O)O)[C@](N)(C(=O)O)C1.CC(C)CN(C1CCNCC1)S(=O)(=O)N1C[C@H](CCCB(O)O)[C@](N)(C(=O)O)C1.CC(C)CN([C@@H]1CCCNC1)S(=O)(=O)N1C[C@H](CCCB(O)O)[C@](N)(C(=O)O)C1.CC(C)CN([C@@H]1CCNC1)S(=O)(=O)N1C[C@H](CCCB(O)O)[C@](N)(C(=O)O)C1.CC(C)CN([C@H]1CCNC1)S(=O)(=O)N1C[C@H](CCCB(O)O)[C@](N)(C(=O)O)C1. The van der Waals surface area contributed by atoms with E-state index in [1.807, 2.05) is 69.2 Å². The predicted molar refractivity (Wildman–Crippen MR) is 542 cm³/mol. The first-order valence-electron chi connectivity index (χ1n) is 50.7. The highest BCUT2D eigenvalue weighted by atomic mass is 32.2. The summed E-state index contributed by atoms with van der Waals surface area (Å²) < 4.78 is 148. The first-order valence-corrected chi connectivity index (χ1v) is 57.7. The van der Waals surface area contributed by atoms with Gasteiger partial charge in [-0.2, -0.15) is 85.1 Å². The lowest BCUT2D eigenvalue weighted by Crippen LogP contribution is -2.57. The molecule has 10 aliphatic heterocycles. The summed E-state index contributed by atoms with van der Waals surface area (Å²) in [6.45, 7) is 27.0.